The Kier molecular flexibility index (Phi) is 6.56. The highest BCUT2D eigenvalue weighted by Crippen LogP contribution is 2.23. The fourth-order valence-electron chi connectivity index (χ4n) is 3.64. The molecule has 6 heteroatoms. The van der Waals surface area contributed by atoms with Crippen molar-refractivity contribution in [1.82, 2.24) is 10.2 Å². The molecule has 0 radical (unpaired) electrons. The van der Waals surface area contributed by atoms with E-state index in [0.29, 0.717) is 13.1 Å². The number of nitrogens with two attached hydrogens (primary N) is 1. The molecule has 0 aliphatic carbocycles. The van der Waals surface area contributed by atoms with E-state index in [1.165, 1.54) is 7.11 Å². The molecular formula is C19H29N3O3. The Morgan fingerprint density at radius 3 is 2.56 bits per heavy atom. The van der Waals surface area contributed by atoms with E-state index in [0.717, 1.165) is 35.1 Å². The molecule has 2 unspecified atom stereocenters. The molecule has 0 aromatic heterocycles. The van der Waals surface area contributed by atoms with Crippen molar-refractivity contribution in [2.45, 2.75) is 45.7 Å². The zero-order chi connectivity index (χ0) is 18.6. The van der Waals surface area contributed by atoms with Crippen LogP contribution in [0.2, 0.25) is 0 Å². The largest absolute Gasteiger partial charge is 0.375 e. The van der Waals surface area contributed by atoms with E-state index in [1.807, 2.05) is 32.9 Å². The van der Waals surface area contributed by atoms with Crippen LogP contribution in [0.15, 0.2) is 12.1 Å². The number of nitrogens with zero attached hydrogens (tertiary/aromatic N) is 1. The zero-order valence-corrected chi connectivity index (χ0v) is 15.6. The SMILES string of the molecule is COCC(=O)N1CCCC(NC(=O)C(N)c2c(C)cc(C)cc2C)C1. The van der Waals surface area contributed by atoms with Crippen LogP contribution < -0.4 is 11.1 Å². The summed E-state index contributed by atoms with van der Waals surface area (Å²) in [5, 5.41) is 3.01. The summed E-state index contributed by atoms with van der Waals surface area (Å²) in [6.07, 6.45) is 1.71. The molecular weight excluding hydrogens is 318 g/mol. The maximum Gasteiger partial charge on any atom is 0.248 e. The normalized spacial score (nSPS) is 18.8. The lowest BCUT2D eigenvalue weighted by atomic mass is 9.93. The molecule has 1 aromatic rings. The van der Waals surface area contributed by atoms with E-state index < -0.39 is 6.04 Å². The lowest BCUT2D eigenvalue weighted by Gasteiger charge is -2.33. The number of amides is 2. The van der Waals surface area contributed by atoms with Gasteiger partial charge in [0, 0.05) is 26.2 Å². The van der Waals surface area contributed by atoms with Gasteiger partial charge >= 0.3 is 0 Å². The number of nitrogens with one attached hydrogen (secondary N) is 1. The number of piperidine rings is 1. The van der Waals surface area contributed by atoms with Gasteiger partial charge in [-0.25, -0.2) is 0 Å². The quantitative estimate of drug-likeness (QED) is 0.842. The summed E-state index contributed by atoms with van der Waals surface area (Å²) in [5.41, 5.74) is 10.3. The third-order valence-corrected chi connectivity index (χ3v) is 4.72. The van der Waals surface area contributed by atoms with Crippen LogP contribution in [-0.2, 0) is 14.3 Å². The highest BCUT2D eigenvalue weighted by molar-refractivity contribution is 5.84. The Balaban J connectivity index is 2.03. The van der Waals surface area contributed by atoms with Crippen molar-refractivity contribution in [2.24, 2.45) is 5.73 Å². The number of carbonyl (C=O) groups excluding carboxylic acids is 2. The van der Waals surface area contributed by atoms with E-state index in [1.54, 1.807) is 4.90 Å². The maximum atomic E-state index is 12.6. The first kappa shape index (κ1) is 19.4. The van der Waals surface area contributed by atoms with Gasteiger partial charge in [0.15, 0.2) is 0 Å². The summed E-state index contributed by atoms with van der Waals surface area (Å²) < 4.78 is 4.91. The molecule has 1 heterocycles. The number of rotatable bonds is 5. The second-order valence-electron chi connectivity index (χ2n) is 6.91. The summed E-state index contributed by atoms with van der Waals surface area (Å²) in [4.78, 5) is 26.4. The lowest BCUT2D eigenvalue weighted by molar-refractivity contribution is -0.137. The molecule has 1 aliphatic rings. The average molecular weight is 347 g/mol. The van der Waals surface area contributed by atoms with Crippen LogP contribution in [0.5, 0.6) is 0 Å². The third kappa shape index (κ3) is 4.80. The van der Waals surface area contributed by atoms with Crippen LogP contribution in [0.25, 0.3) is 0 Å². The van der Waals surface area contributed by atoms with Crippen LogP contribution in [0.4, 0.5) is 0 Å². The van der Waals surface area contributed by atoms with Crippen LogP contribution >= 0.6 is 0 Å². The predicted molar refractivity (Wildman–Crippen MR) is 97.2 cm³/mol. The van der Waals surface area contributed by atoms with Gasteiger partial charge in [0.05, 0.1) is 0 Å². The topological polar surface area (TPSA) is 84.7 Å². The number of methoxy groups -OCH3 is 1. The van der Waals surface area contributed by atoms with Gasteiger partial charge in [0.1, 0.15) is 12.6 Å². The van der Waals surface area contributed by atoms with Crippen LogP contribution in [0, 0.1) is 20.8 Å². The second-order valence-corrected chi connectivity index (χ2v) is 6.91. The number of hydrogen-bond donors (Lipinski definition) is 2. The summed E-state index contributed by atoms with van der Waals surface area (Å²) >= 11 is 0. The molecule has 6 nitrogen and oxygen atoms in total. The fraction of sp³-hybridized carbons (Fsp3) is 0.579. The van der Waals surface area contributed by atoms with Crippen LogP contribution in [0.3, 0.4) is 0 Å². The zero-order valence-electron chi connectivity index (χ0n) is 15.6. The smallest absolute Gasteiger partial charge is 0.248 e. The molecule has 1 aromatic carbocycles. The summed E-state index contributed by atoms with van der Waals surface area (Å²) in [7, 11) is 1.51. The third-order valence-electron chi connectivity index (χ3n) is 4.72. The number of carbonyl (C=O) groups is 2. The standard InChI is InChI=1S/C19H29N3O3/c1-12-8-13(2)17(14(3)9-12)18(20)19(24)21-15-6-5-7-22(10-15)16(23)11-25-4/h8-9,15,18H,5-7,10-11,20H2,1-4H3,(H,21,24). The van der Waals surface area contributed by atoms with Gasteiger partial charge < -0.3 is 20.7 Å². The minimum absolute atomic E-state index is 0.0454. The molecule has 2 atom stereocenters. The van der Waals surface area contributed by atoms with Crippen LogP contribution in [0.1, 0.15) is 41.1 Å². The Morgan fingerprint density at radius 1 is 1.32 bits per heavy atom. The number of aryl methyl sites for hydroxylation is 3. The molecule has 3 N–H and O–H groups in total. The van der Waals surface area contributed by atoms with Crippen molar-refractivity contribution in [3.05, 3.63) is 34.4 Å². The Morgan fingerprint density at radius 2 is 1.96 bits per heavy atom. The average Bonchev–Trinajstić information content (AvgIpc) is 2.54. The molecule has 1 aliphatic heterocycles. The van der Waals surface area contributed by atoms with Gasteiger partial charge in [0.25, 0.3) is 0 Å². The van der Waals surface area contributed by atoms with E-state index >= 15 is 0 Å². The molecule has 25 heavy (non-hydrogen) atoms. The van der Waals surface area contributed by atoms with Crippen molar-refractivity contribution in [3.8, 4) is 0 Å². The van der Waals surface area contributed by atoms with Gasteiger partial charge in [-0.05, 0) is 50.3 Å². The fourth-order valence-corrected chi connectivity index (χ4v) is 3.64. The van der Waals surface area contributed by atoms with Crippen molar-refractivity contribution < 1.29 is 14.3 Å². The second kappa shape index (κ2) is 8.45. The minimum Gasteiger partial charge on any atom is -0.375 e. The van der Waals surface area contributed by atoms with Gasteiger partial charge in [-0.15, -0.1) is 0 Å². The molecule has 0 bridgehead atoms. The molecule has 0 saturated carbocycles. The first-order chi connectivity index (χ1) is 11.8. The summed E-state index contributed by atoms with van der Waals surface area (Å²) in [5.74, 6) is -0.239. The molecule has 0 spiro atoms. The summed E-state index contributed by atoms with van der Waals surface area (Å²) in [6.45, 7) is 7.27. The lowest BCUT2D eigenvalue weighted by Crippen LogP contribution is -2.52. The Labute approximate surface area is 149 Å². The highest BCUT2D eigenvalue weighted by Gasteiger charge is 2.27. The monoisotopic (exact) mass is 347 g/mol. The Hall–Kier alpha value is -1.92. The van der Waals surface area contributed by atoms with Crippen molar-refractivity contribution in [2.75, 3.05) is 26.8 Å². The predicted octanol–water partition coefficient (Wildman–Crippen LogP) is 1.37. The van der Waals surface area contributed by atoms with E-state index in [4.69, 9.17) is 10.5 Å². The molecule has 1 fully saturated rings. The summed E-state index contributed by atoms with van der Waals surface area (Å²) in [6, 6.07) is 3.31. The highest BCUT2D eigenvalue weighted by atomic mass is 16.5. The van der Waals surface area contributed by atoms with Crippen molar-refractivity contribution >= 4 is 11.8 Å². The maximum absolute atomic E-state index is 12.6. The van der Waals surface area contributed by atoms with Gasteiger partial charge in [0.2, 0.25) is 11.8 Å². The van der Waals surface area contributed by atoms with E-state index in [-0.39, 0.29) is 24.5 Å². The van der Waals surface area contributed by atoms with Gasteiger partial charge in [-0.3, -0.25) is 9.59 Å². The van der Waals surface area contributed by atoms with E-state index in [2.05, 4.69) is 5.32 Å². The molecule has 1 saturated heterocycles. The first-order valence-electron chi connectivity index (χ1n) is 8.74. The number of ether oxygens (including phenoxy) is 1. The minimum atomic E-state index is -0.703. The number of benzene rings is 1. The van der Waals surface area contributed by atoms with Crippen molar-refractivity contribution in [1.29, 1.82) is 0 Å². The first-order valence-corrected chi connectivity index (χ1v) is 8.74. The number of likely N-dealkylation sites (tertiary alicyclic amines) is 1. The van der Waals surface area contributed by atoms with E-state index in [9.17, 15) is 9.59 Å². The number of hydrogen-bond acceptors (Lipinski definition) is 4. The van der Waals surface area contributed by atoms with Gasteiger partial charge in [-0.1, -0.05) is 17.7 Å². The molecule has 2 rings (SSSR count). The molecule has 2 amide bonds. The molecule has 138 valence electrons. The Bertz CT molecular complexity index is 622. The van der Waals surface area contributed by atoms with Gasteiger partial charge in [-0.2, -0.15) is 0 Å². The van der Waals surface area contributed by atoms with Crippen molar-refractivity contribution in [3.63, 3.8) is 0 Å². The van der Waals surface area contributed by atoms with Crippen LogP contribution in [-0.4, -0.2) is 49.6 Å².